The van der Waals surface area contributed by atoms with Gasteiger partial charge >= 0.3 is 0 Å². The molecule has 2 aromatic heterocycles. The van der Waals surface area contributed by atoms with Gasteiger partial charge in [-0.1, -0.05) is 24.3 Å². The van der Waals surface area contributed by atoms with E-state index < -0.39 is 17.3 Å². The van der Waals surface area contributed by atoms with Gasteiger partial charge in [-0.05, 0) is 12.1 Å². The molecule has 0 spiro atoms. The van der Waals surface area contributed by atoms with Crippen molar-refractivity contribution in [3.05, 3.63) is 58.4 Å². The summed E-state index contributed by atoms with van der Waals surface area (Å²) >= 11 is 0. The zero-order chi connectivity index (χ0) is 14.1. The first-order valence-corrected chi connectivity index (χ1v) is 5.94. The highest BCUT2D eigenvalue weighted by molar-refractivity contribution is 6.05. The van der Waals surface area contributed by atoms with E-state index in [1.165, 1.54) is 6.07 Å². The molecule has 0 atom stereocenters. The third-order valence-electron chi connectivity index (χ3n) is 2.99. The van der Waals surface area contributed by atoms with E-state index in [0.29, 0.717) is 11.0 Å². The van der Waals surface area contributed by atoms with Gasteiger partial charge in [0.25, 0.3) is 12.3 Å². The molecule has 3 aromatic rings. The van der Waals surface area contributed by atoms with Crippen LogP contribution in [-0.4, -0.2) is 27.2 Å². The highest BCUT2D eigenvalue weighted by atomic mass is 16.6. The maximum Gasteiger partial charge on any atom is 0.267 e. The lowest BCUT2D eigenvalue weighted by Crippen LogP contribution is -2.15. The highest BCUT2D eigenvalue weighted by Gasteiger charge is 2.15. The van der Waals surface area contributed by atoms with Gasteiger partial charge in [0.05, 0.1) is 11.0 Å². The van der Waals surface area contributed by atoms with Gasteiger partial charge in [-0.25, -0.2) is 4.98 Å². The highest BCUT2D eigenvalue weighted by Crippen LogP contribution is 2.22. The Labute approximate surface area is 113 Å². The van der Waals surface area contributed by atoms with Crippen molar-refractivity contribution in [1.29, 1.82) is 0 Å². The fourth-order valence-corrected chi connectivity index (χ4v) is 2.08. The minimum atomic E-state index is -0.753. The van der Waals surface area contributed by atoms with Crippen molar-refractivity contribution in [2.24, 2.45) is 0 Å². The molecule has 0 aliphatic rings. The van der Waals surface area contributed by atoms with Crippen LogP contribution in [0.1, 0.15) is 10.5 Å². The molecule has 1 aromatic carbocycles. The molecule has 0 radical (unpaired) electrons. The molecule has 0 saturated carbocycles. The topological polar surface area (TPSA) is 86.0 Å². The Kier molecular flexibility index (Phi) is 2.83. The smallest absolute Gasteiger partial charge is 0.267 e. The first-order chi connectivity index (χ1) is 9.65. The number of pyridine rings is 2. The van der Waals surface area contributed by atoms with Crippen LogP contribution in [-0.2, 0) is 0 Å². The Bertz CT molecular complexity index is 845. The van der Waals surface area contributed by atoms with Crippen LogP contribution >= 0.6 is 0 Å². The third kappa shape index (κ3) is 2.07. The van der Waals surface area contributed by atoms with E-state index in [1.807, 2.05) is 24.3 Å². The second-order valence-corrected chi connectivity index (χ2v) is 4.32. The zero-order valence-electron chi connectivity index (χ0n) is 10.3. The van der Waals surface area contributed by atoms with Crippen LogP contribution in [0.4, 0.5) is 0 Å². The maximum absolute atomic E-state index is 11.7. The van der Waals surface area contributed by atoms with Gasteiger partial charge in [-0.2, -0.15) is 0 Å². The molecule has 98 valence electrons. The lowest BCUT2D eigenvalue weighted by atomic mass is 10.1. The van der Waals surface area contributed by atoms with E-state index in [4.69, 9.17) is 0 Å². The molecule has 0 amide bonds. The molecule has 0 bridgehead atoms. The van der Waals surface area contributed by atoms with Crippen LogP contribution in [0.2, 0.25) is 0 Å². The summed E-state index contributed by atoms with van der Waals surface area (Å²) in [5, 5.41) is 12.2. The van der Waals surface area contributed by atoms with Crippen molar-refractivity contribution in [1.82, 2.24) is 9.97 Å². The quantitative estimate of drug-likeness (QED) is 0.314. The molecule has 3 rings (SSSR count). The molecular weight excluding hydrogens is 258 g/mol. The number of carbonyl (C=O) groups excluding carboxylic acids is 1. The third-order valence-corrected chi connectivity index (χ3v) is 2.99. The van der Waals surface area contributed by atoms with E-state index in [9.17, 15) is 14.9 Å². The number of Topliss-reactive ketones (excluding diaryl/α,β-unsaturated/α-hetero) is 1. The average molecular weight is 267 g/mol. The fraction of sp³-hybridized carbons (Fsp3) is 0.0714. The second kappa shape index (κ2) is 4.65. The van der Waals surface area contributed by atoms with Crippen molar-refractivity contribution < 1.29 is 9.72 Å². The van der Waals surface area contributed by atoms with Gasteiger partial charge in [0, 0.05) is 21.9 Å². The summed E-state index contributed by atoms with van der Waals surface area (Å²) < 4.78 is 0. The van der Waals surface area contributed by atoms with Gasteiger partial charge < -0.3 is 0 Å². The van der Waals surface area contributed by atoms with Crippen LogP contribution in [0.5, 0.6) is 0 Å². The SMILES string of the molecule is O=C(C[N+](=O)[O-])c1ccc2ccc3cccnc3c2n1. The van der Waals surface area contributed by atoms with E-state index in [0.717, 1.165) is 10.8 Å². The summed E-state index contributed by atoms with van der Waals surface area (Å²) in [6.45, 7) is -0.753. The second-order valence-electron chi connectivity index (χ2n) is 4.32. The van der Waals surface area contributed by atoms with E-state index in [2.05, 4.69) is 9.97 Å². The zero-order valence-corrected chi connectivity index (χ0v) is 10.3. The molecule has 0 aliphatic heterocycles. The molecule has 20 heavy (non-hydrogen) atoms. The van der Waals surface area contributed by atoms with Crippen LogP contribution in [0, 0.1) is 10.1 Å². The number of ketones is 1. The number of rotatable bonds is 3. The minimum Gasteiger partial charge on any atom is -0.285 e. The van der Waals surface area contributed by atoms with Gasteiger partial charge in [0.1, 0.15) is 5.69 Å². The summed E-state index contributed by atoms with van der Waals surface area (Å²) in [6.07, 6.45) is 1.65. The van der Waals surface area contributed by atoms with Crippen molar-refractivity contribution in [3.63, 3.8) is 0 Å². The van der Waals surface area contributed by atoms with Gasteiger partial charge in [0.2, 0.25) is 0 Å². The van der Waals surface area contributed by atoms with Crippen molar-refractivity contribution in [3.8, 4) is 0 Å². The Morgan fingerprint density at radius 2 is 1.80 bits per heavy atom. The Morgan fingerprint density at radius 1 is 1.10 bits per heavy atom. The first-order valence-electron chi connectivity index (χ1n) is 5.94. The van der Waals surface area contributed by atoms with E-state index in [1.54, 1.807) is 12.3 Å². The normalized spacial score (nSPS) is 10.8. The Hall–Kier alpha value is -2.89. The minimum absolute atomic E-state index is 0.0901. The lowest BCUT2D eigenvalue weighted by molar-refractivity contribution is -0.465. The number of hydrogen-bond acceptors (Lipinski definition) is 5. The molecule has 2 heterocycles. The standard InChI is InChI=1S/C14H9N3O3/c18-12(8-17(19)20)11-6-5-10-4-3-9-2-1-7-15-13(9)14(10)16-11/h1-7H,8H2. The van der Waals surface area contributed by atoms with Crippen molar-refractivity contribution >= 4 is 27.6 Å². The molecule has 0 saturated heterocycles. The first kappa shape index (κ1) is 12.2. The monoisotopic (exact) mass is 267 g/mol. The Morgan fingerprint density at radius 3 is 2.55 bits per heavy atom. The number of carbonyl (C=O) groups is 1. The van der Waals surface area contributed by atoms with Crippen LogP contribution < -0.4 is 0 Å². The summed E-state index contributed by atoms with van der Waals surface area (Å²) in [7, 11) is 0. The number of nitro groups is 1. The van der Waals surface area contributed by atoms with Gasteiger partial charge in [0.15, 0.2) is 0 Å². The number of benzene rings is 1. The Balaban J connectivity index is 2.21. The van der Waals surface area contributed by atoms with Gasteiger partial charge in [-0.15, -0.1) is 0 Å². The molecule has 6 nitrogen and oxygen atoms in total. The summed E-state index contributed by atoms with van der Waals surface area (Å²) in [6, 6.07) is 10.7. The average Bonchev–Trinajstić information content (AvgIpc) is 2.46. The summed E-state index contributed by atoms with van der Waals surface area (Å²) in [4.78, 5) is 30.0. The number of aromatic nitrogens is 2. The van der Waals surface area contributed by atoms with Gasteiger partial charge in [-0.3, -0.25) is 19.9 Å². The fourth-order valence-electron chi connectivity index (χ4n) is 2.08. The number of fused-ring (bicyclic) bond motifs is 3. The largest absolute Gasteiger partial charge is 0.285 e. The molecule has 0 fully saturated rings. The van der Waals surface area contributed by atoms with Crippen LogP contribution in [0.3, 0.4) is 0 Å². The van der Waals surface area contributed by atoms with Crippen molar-refractivity contribution in [2.75, 3.05) is 6.54 Å². The molecular formula is C14H9N3O3. The van der Waals surface area contributed by atoms with E-state index in [-0.39, 0.29) is 5.69 Å². The molecule has 0 unspecified atom stereocenters. The molecule has 0 aliphatic carbocycles. The number of nitrogens with zero attached hydrogens (tertiary/aromatic N) is 3. The predicted octanol–water partition coefficient (Wildman–Crippen LogP) is 2.24. The van der Waals surface area contributed by atoms with Crippen LogP contribution in [0.25, 0.3) is 21.8 Å². The number of hydrogen-bond donors (Lipinski definition) is 0. The molecule has 0 N–H and O–H groups in total. The summed E-state index contributed by atoms with van der Waals surface area (Å²) in [5.74, 6) is -0.607. The predicted molar refractivity (Wildman–Crippen MR) is 73.2 cm³/mol. The molecule has 6 heteroatoms. The summed E-state index contributed by atoms with van der Waals surface area (Å²) in [5.41, 5.74) is 1.35. The maximum atomic E-state index is 11.7. The van der Waals surface area contributed by atoms with Crippen molar-refractivity contribution in [2.45, 2.75) is 0 Å². The van der Waals surface area contributed by atoms with Crippen LogP contribution in [0.15, 0.2) is 42.6 Å². The lowest BCUT2D eigenvalue weighted by Gasteiger charge is -2.03. The van der Waals surface area contributed by atoms with E-state index >= 15 is 0 Å².